The fraction of sp³-hybridized carbons (Fsp3) is 0.345. The molecule has 0 aliphatic heterocycles. The van der Waals surface area contributed by atoms with Crippen LogP contribution in [0, 0.1) is 5.92 Å². The first kappa shape index (κ1) is 22.3. The lowest BCUT2D eigenvalue weighted by Gasteiger charge is -2.28. The van der Waals surface area contributed by atoms with Gasteiger partial charge in [-0.1, -0.05) is 37.3 Å². The van der Waals surface area contributed by atoms with Gasteiger partial charge in [-0.3, -0.25) is 9.78 Å². The number of nitrogens with zero attached hydrogens (tertiary/aromatic N) is 2. The number of hydrogen-bond acceptors (Lipinski definition) is 4. The van der Waals surface area contributed by atoms with Crippen LogP contribution in [-0.4, -0.2) is 28.0 Å². The highest BCUT2D eigenvalue weighted by molar-refractivity contribution is 5.80. The van der Waals surface area contributed by atoms with Gasteiger partial charge in [0.25, 0.3) is 0 Å². The predicted octanol–water partition coefficient (Wildman–Crippen LogP) is 6.69. The highest BCUT2D eigenvalue weighted by Crippen LogP contribution is 2.37. The fourth-order valence-electron chi connectivity index (χ4n) is 5.06. The maximum Gasteiger partial charge on any atom is 0.305 e. The molecule has 0 unspecified atom stereocenters. The molecule has 34 heavy (non-hydrogen) atoms. The topological polar surface area (TPSA) is 67.9 Å². The molecular weight excluding hydrogens is 422 g/mol. The van der Waals surface area contributed by atoms with Crippen molar-refractivity contribution in [2.45, 2.75) is 51.4 Å². The van der Waals surface area contributed by atoms with Crippen LogP contribution in [0.1, 0.15) is 56.1 Å². The number of pyridine rings is 1. The van der Waals surface area contributed by atoms with Crippen molar-refractivity contribution in [1.29, 1.82) is 0 Å². The molecule has 5 nitrogen and oxygen atoms in total. The number of aromatic amines is 1. The second-order valence-electron chi connectivity index (χ2n) is 9.34. The predicted molar refractivity (Wildman–Crippen MR) is 135 cm³/mol. The lowest BCUT2D eigenvalue weighted by Crippen LogP contribution is -2.17. The summed E-state index contributed by atoms with van der Waals surface area (Å²) < 4.78 is 4.82. The van der Waals surface area contributed by atoms with Gasteiger partial charge in [0.05, 0.1) is 23.8 Å². The van der Waals surface area contributed by atoms with E-state index >= 15 is 0 Å². The Bertz CT molecular complexity index is 1270. The number of rotatable bonds is 6. The number of ether oxygens (including phenoxy) is 1. The number of benzene rings is 2. The van der Waals surface area contributed by atoms with Gasteiger partial charge < -0.3 is 9.72 Å². The van der Waals surface area contributed by atoms with Crippen LogP contribution in [0.4, 0.5) is 0 Å². The second kappa shape index (κ2) is 9.80. The van der Waals surface area contributed by atoms with Gasteiger partial charge in [-0.25, -0.2) is 4.98 Å². The van der Waals surface area contributed by atoms with Gasteiger partial charge in [0.1, 0.15) is 5.82 Å². The van der Waals surface area contributed by atoms with E-state index in [1.807, 2.05) is 6.20 Å². The molecule has 2 aromatic carbocycles. The molecule has 2 heterocycles. The standard InChI is InChI=1S/C29H31N3O2/c1-3-19-6-14-26-27(16-19)32-29(31-26)24-13-15-25(30-18-24)23-11-9-22(10-12-23)21-7-4-20(5-8-21)17-28(33)34-2/h6,9-16,18,20-21H,3-5,7-8,17H2,1-2H3,(H,31,32). The number of carbonyl (C=O) groups excluding carboxylic acids is 1. The molecule has 0 spiro atoms. The van der Waals surface area contributed by atoms with Gasteiger partial charge in [0.15, 0.2) is 0 Å². The molecular formula is C29H31N3O2. The highest BCUT2D eigenvalue weighted by atomic mass is 16.5. The fourth-order valence-corrected chi connectivity index (χ4v) is 5.06. The van der Waals surface area contributed by atoms with Gasteiger partial charge in [0, 0.05) is 23.7 Å². The average Bonchev–Trinajstić information content (AvgIpc) is 3.33. The van der Waals surface area contributed by atoms with Crippen LogP contribution in [0.2, 0.25) is 0 Å². The van der Waals surface area contributed by atoms with Gasteiger partial charge >= 0.3 is 5.97 Å². The van der Waals surface area contributed by atoms with Crippen LogP contribution < -0.4 is 0 Å². The zero-order chi connectivity index (χ0) is 23.5. The third-order valence-electron chi connectivity index (χ3n) is 7.20. The number of methoxy groups -OCH3 is 1. The maximum atomic E-state index is 11.5. The van der Waals surface area contributed by atoms with Crippen molar-refractivity contribution < 1.29 is 9.53 Å². The van der Waals surface area contributed by atoms with Crippen LogP contribution in [0.15, 0.2) is 60.8 Å². The monoisotopic (exact) mass is 453 g/mol. The minimum absolute atomic E-state index is 0.0859. The number of nitrogens with one attached hydrogen (secondary N) is 1. The van der Waals surface area contributed by atoms with Crippen LogP contribution in [0.5, 0.6) is 0 Å². The summed E-state index contributed by atoms with van der Waals surface area (Å²) in [5.74, 6) is 1.79. The lowest BCUT2D eigenvalue weighted by atomic mass is 9.77. The summed E-state index contributed by atoms with van der Waals surface area (Å²) in [6.07, 6.45) is 7.90. The summed E-state index contributed by atoms with van der Waals surface area (Å²) in [5.41, 5.74) is 7.78. The Morgan fingerprint density at radius 1 is 1.00 bits per heavy atom. The Kier molecular flexibility index (Phi) is 6.43. The first-order valence-corrected chi connectivity index (χ1v) is 12.2. The molecule has 0 radical (unpaired) electrons. The summed E-state index contributed by atoms with van der Waals surface area (Å²) in [4.78, 5) is 24.4. The molecule has 1 N–H and O–H groups in total. The lowest BCUT2D eigenvalue weighted by molar-refractivity contribution is -0.142. The molecule has 0 bridgehead atoms. The molecule has 5 rings (SSSR count). The van der Waals surface area contributed by atoms with E-state index in [1.54, 1.807) is 0 Å². The highest BCUT2D eigenvalue weighted by Gasteiger charge is 2.24. The summed E-state index contributed by atoms with van der Waals surface area (Å²) in [6, 6.07) is 19.3. The summed E-state index contributed by atoms with van der Waals surface area (Å²) in [6.45, 7) is 2.16. The van der Waals surface area contributed by atoms with E-state index in [1.165, 1.54) is 18.2 Å². The Hall–Kier alpha value is -3.47. The first-order valence-electron chi connectivity index (χ1n) is 12.2. The van der Waals surface area contributed by atoms with Crippen molar-refractivity contribution >= 4 is 17.0 Å². The number of H-pyrrole nitrogens is 1. The molecule has 2 aromatic heterocycles. The Labute approximate surface area is 200 Å². The van der Waals surface area contributed by atoms with E-state index in [0.29, 0.717) is 18.3 Å². The van der Waals surface area contributed by atoms with Gasteiger partial charge in [-0.15, -0.1) is 0 Å². The first-order chi connectivity index (χ1) is 16.6. The quantitative estimate of drug-likeness (QED) is 0.330. The Morgan fingerprint density at radius 3 is 2.44 bits per heavy atom. The van der Waals surface area contributed by atoms with E-state index in [4.69, 9.17) is 14.7 Å². The molecule has 1 fully saturated rings. The van der Waals surface area contributed by atoms with Gasteiger partial charge in [-0.05, 0) is 79.3 Å². The molecule has 0 saturated heterocycles. The molecule has 1 aliphatic rings. The molecule has 1 saturated carbocycles. The maximum absolute atomic E-state index is 11.5. The summed E-state index contributed by atoms with van der Waals surface area (Å²) in [7, 11) is 1.47. The number of aromatic nitrogens is 3. The Balaban J connectivity index is 1.25. The van der Waals surface area contributed by atoms with E-state index in [2.05, 4.69) is 66.5 Å². The third-order valence-corrected chi connectivity index (χ3v) is 7.20. The Morgan fingerprint density at radius 2 is 1.76 bits per heavy atom. The van der Waals surface area contributed by atoms with E-state index in [0.717, 1.165) is 65.8 Å². The number of esters is 1. The number of hydrogen-bond donors (Lipinski definition) is 1. The number of fused-ring (bicyclic) bond motifs is 1. The molecule has 4 aromatic rings. The van der Waals surface area contributed by atoms with Crippen LogP contribution in [0.25, 0.3) is 33.7 Å². The van der Waals surface area contributed by atoms with Crippen LogP contribution in [-0.2, 0) is 16.0 Å². The van der Waals surface area contributed by atoms with Crippen LogP contribution >= 0.6 is 0 Å². The van der Waals surface area contributed by atoms with Crippen LogP contribution in [0.3, 0.4) is 0 Å². The minimum atomic E-state index is -0.0859. The normalized spacial score (nSPS) is 18.2. The molecule has 174 valence electrons. The molecule has 0 amide bonds. The third kappa shape index (κ3) is 4.74. The van der Waals surface area contributed by atoms with Crippen molar-refractivity contribution in [3.05, 3.63) is 71.9 Å². The number of imidazole rings is 1. The molecule has 1 aliphatic carbocycles. The summed E-state index contributed by atoms with van der Waals surface area (Å²) >= 11 is 0. The van der Waals surface area contributed by atoms with Gasteiger partial charge in [0.2, 0.25) is 0 Å². The largest absolute Gasteiger partial charge is 0.469 e. The number of aryl methyl sites for hydroxylation is 1. The zero-order valence-corrected chi connectivity index (χ0v) is 19.9. The van der Waals surface area contributed by atoms with Crippen molar-refractivity contribution in [3.8, 4) is 22.6 Å². The van der Waals surface area contributed by atoms with E-state index < -0.39 is 0 Å². The van der Waals surface area contributed by atoms with Gasteiger partial charge in [-0.2, -0.15) is 0 Å². The molecule has 0 atom stereocenters. The molecule has 5 heteroatoms. The average molecular weight is 454 g/mol. The van der Waals surface area contributed by atoms with Crippen molar-refractivity contribution in [3.63, 3.8) is 0 Å². The SMILES string of the molecule is CCc1ccc2nc(-c3ccc(-c4ccc(C5CCC(CC(=O)OC)CC5)cc4)nc3)[nH]c2c1. The zero-order valence-electron chi connectivity index (χ0n) is 19.9. The second-order valence-corrected chi connectivity index (χ2v) is 9.34. The smallest absolute Gasteiger partial charge is 0.305 e. The van der Waals surface area contributed by atoms with E-state index in [-0.39, 0.29) is 5.97 Å². The van der Waals surface area contributed by atoms with Crippen molar-refractivity contribution in [1.82, 2.24) is 15.0 Å². The minimum Gasteiger partial charge on any atom is -0.469 e. The van der Waals surface area contributed by atoms with Crippen molar-refractivity contribution in [2.24, 2.45) is 5.92 Å². The van der Waals surface area contributed by atoms with E-state index in [9.17, 15) is 4.79 Å². The summed E-state index contributed by atoms with van der Waals surface area (Å²) in [5, 5.41) is 0. The van der Waals surface area contributed by atoms with Crippen molar-refractivity contribution in [2.75, 3.05) is 7.11 Å². The number of carbonyl (C=O) groups is 1.